The molecule has 8 heteroatoms. The molecule has 1 aliphatic rings. The minimum atomic E-state index is 0.0580. The van der Waals surface area contributed by atoms with Gasteiger partial charge in [0.2, 0.25) is 5.91 Å². The number of carbonyl (C=O) groups is 1. The van der Waals surface area contributed by atoms with Gasteiger partial charge in [-0.2, -0.15) is 9.61 Å². The van der Waals surface area contributed by atoms with Gasteiger partial charge >= 0.3 is 0 Å². The molecule has 0 aliphatic carbocycles. The van der Waals surface area contributed by atoms with Crippen molar-refractivity contribution in [3.05, 3.63) is 18.0 Å². The summed E-state index contributed by atoms with van der Waals surface area (Å²) in [6.07, 6.45) is 2.40. The molecule has 0 radical (unpaired) electrons. The first-order valence-electron chi connectivity index (χ1n) is 8.94. The lowest BCUT2D eigenvalue weighted by Gasteiger charge is -2.22. The second-order valence-corrected chi connectivity index (χ2v) is 7.67. The second-order valence-electron chi connectivity index (χ2n) is 6.67. The number of hydrogen-bond donors (Lipinski definition) is 1. The van der Waals surface area contributed by atoms with Gasteiger partial charge in [-0.3, -0.25) is 9.69 Å². The zero-order valence-electron chi connectivity index (χ0n) is 15.1. The molecule has 25 heavy (non-hydrogen) atoms. The monoisotopic (exact) mass is 362 g/mol. The van der Waals surface area contributed by atoms with Crippen molar-refractivity contribution < 1.29 is 4.79 Å². The lowest BCUT2D eigenvalue weighted by Crippen LogP contribution is -2.40. The highest BCUT2D eigenvalue weighted by molar-refractivity contribution is 7.99. The van der Waals surface area contributed by atoms with E-state index in [4.69, 9.17) is 0 Å². The number of hydrogen-bond acceptors (Lipinski definition) is 6. The van der Waals surface area contributed by atoms with Crippen LogP contribution in [0.3, 0.4) is 0 Å². The van der Waals surface area contributed by atoms with Crippen LogP contribution >= 0.6 is 11.8 Å². The van der Waals surface area contributed by atoms with Gasteiger partial charge in [-0.25, -0.2) is 0 Å². The van der Waals surface area contributed by atoms with Crippen molar-refractivity contribution in [2.24, 2.45) is 0 Å². The Morgan fingerprint density at radius 1 is 1.40 bits per heavy atom. The van der Waals surface area contributed by atoms with E-state index in [0.29, 0.717) is 11.8 Å². The van der Waals surface area contributed by atoms with Gasteiger partial charge in [0.25, 0.3) is 0 Å². The standard InChI is InChI=1S/C17H26N6OS/c1-4-22-9-5-6-13(22)10-18-15(24)11-25-16-8-7-14-19-20-17(12(2)3)23(14)21-16/h7-8,12-13H,4-6,9-11H2,1-3H3,(H,18,24). The number of likely N-dealkylation sites (tertiary alicyclic amines) is 1. The van der Waals surface area contributed by atoms with Crippen LogP contribution in [0.1, 0.15) is 45.4 Å². The van der Waals surface area contributed by atoms with Crippen LogP contribution in [-0.4, -0.2) is 62.0 Å². The van der Waals surface area contributed by atoms with Gasteiger partial charge in [0.1, 0.15) is 5.03 Å². The summed E-state index contributed by atoms with van der Waals surface area (Å²) in [5.41, 5.74) is 0.735. The molecule has 1 atom stereocenters. The molecule has 136 valence electrons. The fourth-order valence-corrected chi connectivity index (χ4v) is 3.88. The first-order valence-corrected chi connectivity index (χ1v) is 9.93. The minimum Gasteiger partial charge on any atom is -0.354 e. The number of fused-ring (bicyclic) bond motifs is 1. The molecular weight excluding hydrogens is 336 g/mol. The molecule has 1 saturated heterocycles. The van der Waals surface area contributed by atoms with E-state index in [1.54, 1.807) is 4.52 Å². The van der Waals surface area contributed by atoms with Crippen molar-refractivity contribution in [2.45, 2.75) is 50.6 Å². The molecule has 1 aliphatic heterocycles. The smallest absolute Gasteiger partial charge is 0.230 e. The molecule has 0 spiro atoms. The van der Waals surface area contributed by atoms with Crippen molar-refractivity contribution in [1.29, 1.82) is 0 Å². The molecular formula is C17H26N6OS. The van der Waals surface area contributed by atoms with Crippen LogP contribution in [0.25, 0.3) is 5.65 Å². The van der Waals surface area contributed by atoms with Crippen molar-refractivity contribution in [1.82, 2.24) is 30.0 Å². The topological polar surface area (TPSA) is 75.4 Å². The number of aromatic nitrogens is 4. The molecule has 1 amide bonds. The number of nitrogens with one attached hydrogen (secondary N) is 1. The van der Waals surface area contributed by atoms with E-state index in [1.807, 2.05) is 12.1 Å². The summed E-state index contributed by atoms with van der Waals surface area (Å²) >= 11 is 1.44. The van der Waals surface area contributed by atoms with E-state index in [9.17, 15) is 4.79 Å². The van der Waals surface area contributed by atoms with Crippen LogP contribution in [0.5, 0.6) is 0 Å². The average molecular weight is 363 g/mol. The Morgan fingerprint density at radius 3 is 3.00 bits per heavy atom. The number of likely N-dealkylation sites (N-methyl/N-ethyl adjacent to an activating group) is 1. The molecule has 3 rings (SSSR count). The largest absolute Gasteiger partial charge is 0.354 e. The molecule has 2 aromatic rings. The fourth-order valence-electron chi connectivity index (χ4n) is 3.19. The third kappa shape index (κ3) is 4.30. The van der Waals surface area contributed by atoms with Crippen LogP contribution in [0.4, 0.5) is 0 Å². The first-order chi connectivity index (χ1) is 12.1. The lowest BCUT2D eigenvalue weighted by atomic mass is 10.2. The van der Waals surface area contributed by atoms with Gasteiger partial charge < -0.3 is 5.32 Å². The fraction of sp³-hybridized carbons (Fsp3) is 0.647. The summed E-state index contributed by atoms with van der Waals surface area (Å²) in [5.74, 6) is 1.51. The molecule has 0 saturated carbocycles. The quantitative estimate of drug-likeness (QED) is 0.759. The van der Waals surface area contributed by atoms with Crippen molar-refractivity contribution >= 4 is 23.3 Å². The number of nitrogens with zero attached hydrogens (tertiary/aromatic N) is 5. The van der Waals surface area contributed by atoms with E-state index in [0.717, 1.165) is 36.1 Å². The maximum absolute atomic E-state index is 12.1. The summed E-state index contributed by atoms with van der Waals surface area (Å²) in [7, 11) is 0. The maximum Gasteiger partial charge on any atom is 0.230 e. The molecule has 1 unspecified atom stereocenters. The van der Waals surface area contributed by atoms with Crippen molar-refractivity contribution in [2.75, 3.05) is 25.4 Å². The summed E-state index contributed by atoms with van der Waals surface area (Å²) < 4.78 is 1.77. The van der Waals surface area contributed by atoms with Crippen LogP contribution in [-0.2, 0) is 4.79 Å². The molecule has 1 N–H and O–H groups in total. The van der Waals surface area contributed by atoms with Gasteiger partial charge in [-0.1, -0.05) is 32.5 Å². The molecule has 3 heterocycles. The van der Waals surface area contributed by atoms with E-state index in [-0.39, 0.29) is 11.8 Å². The van der Waals surface area contributed by atoms with Gasteiger partial charge in [0.15, 0.2) is 11.5 Å². The first kappa shape index (κ1) is 18.1. The SMILES string of the molecule is CCN1CCCC1CNC(=O)CSc1ccc2nnc(C(C)C)n2n1. The highest BCUT2D eigenvalue weighted by Crippen LogP contribution is 2.19. The van der Waals surface area contributed by atoms with E-state index < -0.39 is 0 Å². The van der Waals surface area contributed by atoms with Crippen LogP contribution in [0.2, 0.25) is 0 Å². The normalized spacial score (nSPS) is 18.3. The Hall–Kier alpha value is -1.67. The van der Waals surface area contributed by atoms with Gasteiger partial charge in [-0.05, 0) is 38.1 Å². The molecule has 0 bridgehead atoms. The zero-order chi connectivity index (χ0) is 17.8. The lowest BCUT2D eigenvalue weighted by molar-refractivity contribution is -0.118. The average Bonchev–Trinajstić information content (AvgIpc) is 3.23. The molecule has 2 aromatic heterocycles. The highest BCUT2D eigenvalue weighted by Gasteiger charge is 2.23. The number of amides is 1. The van der Waals surface area contributed by atoms with Gasteiger partial charge in [0, 0.05) is 18.5 Å². The predicted molar refractivity (Wildman–Crippen MR) is 98.9 cm³/mol. The minimum absolute atomic E-state index is 0.0580. The maximum atomic E-state index is 12.1. The Kier molecular flexibility index (Phi) is 5.90. The highest BCUT2D eigenvalue weighted by atomic mass is 32.2. The van der Waals surface area contributed by atoms with Crippen LogP contribution < -0.4 is 5.32 Å². The zero-order valence-corrected chi connectivity index (χ0v) is 15.9. The third-order valence-corrected chi connectivity index (χ3v) is 5.49. The molecule has 1 fully saturated rings. The second kappa shape index (κ2) is 8.14. The Balaban J connectivity index is 1.53. The predicted octanol–water partition coefficient (Wildman–Crippen LogP) is 1.94. The van der Waals surface area contributed by atoms with Gasteiger partial charge in [-0.15, -0.1) is 10.2 Å². The summed E-state index contributed by atoms with van der Waals surface area (Å²) in [5, 5.41) is 16.7. The third-order valence-electron chi connectivity index (χ3n) is 4.57. The van der Waals surface area contributed by atoms with Crippen LogP contribution in [0.15, 0.2) is 17.2 Å². The van der Waals surface area contributed by atoms with E-state index in [1.165, 1.54) is 24.6 Å². The number of thioether (sulfide) groups is 1. The summed E-state index contributed by atoms with van der Waals surface area (Å²) in [6, 6.07) is 4.27. The summed E-state index contributed by atoms with van der Waals surface area (Å²) in [6.45, 7) is 9.24. The van der Waals surface area contributed by atoms with E-state index in [2.05, 4.69) is 46.3 Å². The summed E-state index contributed by atoms with van der Waals surface area (Å²) in [4.78, 5) is 14.6. The van der Waals surface area contributed by atoms with Crippen LogP contribution in [0, 0.1) is 0 Å². The molecule has 7 nitrogen and oxygen atoms in total. The number of rotatable bonds is 7. The van der Waals surface area contributed by atoms with E-state index >= 15 is 0 Å². The van der Waals surface area contributed by atoms with Crippen molar-refractivity contribution in [3.63, 3.8) is 0 Å². The number of carbonyl (C=O) groups excluding carboxylic acids is 1. The van der Waals surface area contributed by atoms with Crippen molar-refractivity contribution in [3.8, 4) is 0 Å². The Morgan fingerprint density at radius 2 is 2.24 bits per heavy atom. The molecule has 0 aromatic carbocycles. The van der Waals surface area contributed by atoms with Gasteiger partial charge in [0.05, 0.1) is 5.75 Å². The Labute approximate surface area is 152 Å². The Bertz CT molecular complexity index is 731.